The van der Waals surface area contributed by atoms with Crippen molar-refractivity contribution in [2.45, 2.75) is 46.1 Å². The van der Waals surface area contributed by atoms with E-state index < -0.39 is 0 Å². The molecule has 1 aromatic rings. The molecule has 0 amide bonds. The van der Waals surface area contributed by atoms with Crippen molar-refractivity contribution in [3.8, 4) is 0 Å². The number of nitrogens with two attached hydrogens (primary N) is 1. The maximum Gasteiger partial charge on any atom is 0.0549 e. The highest BCUT2D eigenvalue weighted by Gasteiger charge is 2.04. The molecule has 0 aliphatic heterocycles. The molecular formula is C15H25NO. The van der Waals surface area contributed by atoms with Gasteiger partial charge in [0.15, 0.2) is 0 Å². The molecule has 2 nitrogen and oxygen atoms in total. The SMILES string of the molecule is CC(C)CC(C)OCCCc1cccc(N)c1. The Balaban J connectivity index is 2.16. The molecule has 0 saturated heterocycles. The molecule has 1 aromatic carbocycles. The predicted molar refractivity (Wildman–Crippen MR) is 74.0 cm³/mol. The monoisotopic (exact) mass is 235 g/mol. The van der Waals surface area contributed by atoms with Gasteiger partial charge in [-0.15, -0.1) is 0 Å². The normalized spacial score (nSPS) is 12.9. The van der Waals surface area contributed by atoms with Crippen LogP contribution >= 0.6 is 0 Å². The van der Waals surface area contributed by atoms with Crippen LogP contribution in [0.5, 0.6) is 0 Å². The average molecular weight is 235 g/mol. The van der Waals surface area contributed by atoms with Crippen LogP contribution in [0.15, 0.2) is 24.3 Å². The fourth-order valence-electron chi connectivity index (χ4n) is 2.04. The van der Waals surface area contributed by atoms with Crippen molar-refractivity contribution >= 4 is 5.69 Å². The summed E-state index contributed by atoms with van der Waals surface area (Å²) >= 11 is 0. The second-order valence-corrected chi connectivity index (χ2v) is 5.16. The average Bonchev–Trinajstić information content (AvgIpc) is 2.23. The molecular weight excluding hydrogens is 210 g/mol. The lowest BCUT2D eigenvalue weighted by Crippen LogP contribution is -2.12. The van der Waals surface area contributed by atoms with Gasteiger partial charge in [0.1, 0.15) is 0 Å². The Labute approximate surface area is 105 Å². The third-order valence-electron chi connectivity index (χ3n) is 2.77. The Kier molecular flexibility index (Phi) is 6.06. The van der Waals surface area contributed by atoms with Crippen molar-refractivity contribution in [1.82, 2.24) is 0 Å². The first-order chi connectivity index (χ1) is 8.08. The van der Waals surface area contributed by atoms with Crippen LogP contribution in [0.3, 0.4) is 0 Å². The van der Waals surface area contributed by atoms with Gasteiger partial charge in [0, 0.05) is 12.3 Å². The third kappa shape index (κ3) is 6.32. The Morgan fingerprint density at radius 2 is 2.00 bits per heavy atom. The molecule has 0 aliphatic carbocycles. The molecule has 17 heavy (non-hydrogen) atoms. The highest BCUT2D eigenvalue weighted by molar-refractivity contribution is 5.40. The fourth-order valence-corrected chi connectivity index (χ4v) is 2.04. The van der Waals surface area contributed by atoms with E-state index in [9.17, 15) is 0 Å². The second kappa shape index (κ2) is 7.33. The Bertz CT molecular complexity index is 322. The first-order valence-electron chi connectivity index (χ1n) is 6.54. The van der Waals surface area contributed by atoms with E-state index in [4.69, 9.17) is 10.5 Å². The molecule has 1 atom stereocenters. The first-order valence-corrected chi connectivity index (χ1v) is 6.54. The van der Waals surface area contributed by atoms with Gasteiger partial charge in [-0.1, -0.05) is 26.0 Å². The minimum atomic E-state index is 0.371. The molecule has 0 radical (unpaired) electrons. The molecule has 0 bridgehead atoms. The zero-order valence-electron chi connectivity index (χ0n) is 11.3. The molecule has 0 heterocycles. The molecule has 0 aliphatic rings. The number of anilines is 1. The van der Waals surface area contributed by atoms with Crippen molar-refractivity contribution in [3.63, 3.8) is 0 Å². The lowest BCUT2D eigenvalue weighted by Gasteiger charge is -2.15. The third-order valence-corrected chi connectivity index (χ3v) is 2.77. The van der Waals surface area contributed by atoms with Crippen LogP contribution in [-0.4, -0.2) is 12.7 Å². The number of hydrogen-bond donors (Lipinski definition) is 1. The van der Waals surface area contributed by atoms with Crippen LogP contribution in [0.25, 0.3) is 0 Å². The van der Waals surface area contributed by atoms with Crippen LogP contribution in [0.2, 0.25) is 0 Å². The lowest BCUT2D eigenvalue weighted by atomic mass is 10.1. The van der Waals surface area contributed by atoms with Gasteiger partial charge < -0.3 is 10.5 Å². The van der Waals surface area contributed by atoms with Crippen molar-refractivity contribution in [1.29, 1.82) is 0 Å². The minimum Gasteiger partial charge on any atom is -0.399 e. The molecule has 1 rings (SSSR count). The summed E-state index contributed by atoms with van der Waals surface area (Å²) in [5.74, 6) is 0.707. The van der Waals surface area contributed by atoms with Gasteiger partial charge in [-0.3, -0.25) is 0 Å². The summed E-state index contributed by atoms with van der Waals surface area (Å²) in [6, 6.07) is 8.09. The Morgan fingerprint density at radius 1 is 1.24 bits per heavy atom. The lowest BCUT2D eigenvalue weighted by molar-refractivity contribution is 0.0506. The summed E-state index contributed by atoms with van der Waals surface area (Å²) in [7, 11) is 0. The molecule has 96 valence electrons. The minimum absolute atomic E-state index is 0.371. The number of benzene rings is 1. The van der Waals surface area contributed by atoms with E-state index in [2.05, 4.69) is 26.8 Å². The van der Waals surface area contributed by atoms with E-state index in [1.54, 1.807) is 0 Å². The molecule has 2 heteroatoms. The Morgan fingerprint density at radius 3 is 2.65 bits per heavy atom. The van der Waals surface area contributed by atoms with Gasteiger partial charge in [-0.25, -0.2) is 0 Å². The van der Waals surface area contributed by atoms with Crippen molar-refractivity contribution in [2.75, 3.05) is 12.3 Å². The van der Waals surface area contributed by atoms with Crippen LogP contribution in [-0.2, 0) is 11.2 Å². The topological polar surface area (TPSA) is 35.2 Å². The largest absolute Gasteiger partial charge is 0.399 e. The maximum atomic E-state index is 5.77. The van der Waals surface area contributed by atoms with Crippen molar-refractivity contribution in [3.05, 3.63) is 29.8 Å². The number of rotatable bonds is 7. The Hall–Kier alpha value is -1.02. The van der Waals surface area contributed by atoms with E-state index >= 15 is 0 Å². The maximum absolute atomic E-state index is 5.77. The first kappa shape index (κ1) is 14.0. The van der Waals surface area contributed by atoms with Gasteiger partial charge in [-0.2, -0.15) is 0 Å². The summed E-state index contributed by atoms with van der Waals surface area (Å²) in [6.07, 6.45) is 3.61. The predicted octanol–water partition coefficient (Wildman–Crippen LogP) is 3.65. The van der Waals surface area contributed by atoms with Gasteiger partial charge in [-0.05, 0) is 49.8 Å². The molecule has 0 saturated carbocycles. The summed E-state index contributed by atoms with van der Waals surface area (Å²) < 4.78 is 5.77. The number of ether oxygens (including phenoxy) is 1. The number of nitrogen functional groups attached to an aromatic ring is 1. The molecule has 1 unspecified atom stereocenters. The van der Waals surface area contributed by atoms with Gasteiger partial charge in [0.25, 0.3) is 0 Å². The number of aryl methyl sites for hydroxylation is 1. The highest BCUT2D eigenvalue weighted by Crippen LogP contribution is 2.11. The van der Waals surface area contributed by atoms with Crippen LogP contribution in [0, 0.1) is 5.92 Å². The quantitative estimate of drug-likeness (QED) is 0.578. The molecule has 0 aromatic heterocycles. The van der Waals surface area contributed by atoms with E-state index in [0.29, 0.717) is 12.0 Å². The van der Waals surface area contributed by atoms with E-state index in [-0.39, 0.29) is 0 Å². The molecule has 0 spiro atoms. The zero-order chi connectivity index (χ0) is 12.7. The zero-order valence-corrected chi connectivity index (χ0v) is 11.3. The van der Waals surface area contributed by atoms with E-state index in [1.807, 2.05) is 18.2 Å². The highest BCUT2D eigenvalue weighted by atomic mass is 16.5. The van der Waals surface area contributed by atoms with Crippen molar-refractivity contribution < 1.29 is 4.74 Å². The van der Waals surface area contributed by atoms with E-state index in [1.165, 1.54) is 5.56 Å². The molecule has 2 N–H and O–H groups in total. The second-order valence-electron chi connectivity index (χ2n) is 5.16. The summed E-state index contributed by atoms with van der Waals surface area (Å²) in [5.41, 5.74) is 7.88. The van der Waals surface area contributed by atoms with Crippen molar-refractivity contribution in [2.24, 2.45) is 5.92 Å². The summed E-state index contributed by atoms with van der Waals surface area (Å²) in [6.45, 7) is 7.45. The van der Waals surface area contributed by atoms with Crippen LogP contribution in [0.1, 0.15) is 39.2 Å². The summed E-state index contributed by atoms with van der Waals surface area (Å²) in [5, 5.41) is 0. The van der Waals surface area contributed by atoms with E-state index in [0.717, 1.165) is 31.6 Å². The smallest absolute Gasteiger partial charge is 0.0549 e. The van der Waals surface area contributed by atoms with Crippen LogP contribution < -0.4 is 5.73 Å². The molecule has 0 fully saturated rings. The summed E-state index contributed by atoms with van der Waals surface area (Å²) in [4.78, 5) is 0. The van der Waals surface area contributed by atoms with Crippen LogP contribution in [0.4, 0.5) is 5.69 Å². The van der Waals surface area contributed by atoms with Gasteiger partial charge >= 0.3 is 0 Å². The van der Waals surface area contributed by atoms with Gasteiger partial charge in [0.2, 0.25) is 0 Å². The standard InChI is InChI=1S/C15H25NO/c1-12(2)10-13(3)17-9-5-7-14-6-4-8-15(16)11-14/h4,6,8,11-13H,5,7,9-10,16H2,1-3H3. The fraction of sp³-hybridized carbons (Fsp3) is 0.600. The number of hydrogen-bond acceptors (Lipinski definition) is 2. The van der Waals surface area contributed by atoms with Gasteiger partial charge in [0.05, 0.1) is 6.10 Å².